The van der Waals surface area contributed by atoms with Crippen LogP contribution in [-0.4, -0.2) is 5.16 Å². The van der Waals surface area contributed by atoms with Crippen LogP contribution in [0.2, 0.25) is 0 Å². The molecule has 1 rings (SSSR count). The SMILES string of the molecule is C=C/C=C(\C=C)c1cc(CCC)on1. The maximum absolute atomic E-state index is 5.16. The number of aryl methyl sites for hydroxylation is 1. The van der Waals surface area contributed by atoms with Gasteiger partial charge in [-0.1, -0.05) is 43.5 Å². The predicted molar refractivity (Wildman–Crippen MR) is 58.9 cm³/mol. The van der Waals surface area contributed by atoms with Crippen LogP contribution in [0, 0.1) is 0 Å². The number of hydrogen-bond acceptors (Lipinski definition) is 2. The van der Waals surface area contributed by atoms with Crippen LogP contribution in [0.15, 0.2) is 42.0 Å². The Bertz CT molecular complexity index is 347. The lowest BCUT2D eigenvalue weighted by molar-refractivity contribution is 0.381. The fourth-order valence-electron chi connectivity index (χ4n) is 1.20. The molecular formula is C12H15NO. The maximum Gasteiger partial charge on any atom is 0.137 e. The van der Waals surface area contributed by atoms with E-state index in [2.05, 4.69) is 25.2 Å². The number of hydrogen-bond donors (Lipinski definition) is 0. The van der Waals surface area contributed by atoms with Crippen molar-refractivity contribution in [1.82, 2.24) is 5.16 Å². The van der Waals surface area contributed by atoms with Gasteiger partial charge in [0.05, 0.1) is 0 Å². The van der Waals surface area contributed by atoms with Crippen molar-refractivity contribution in [2.45, 2.75) is 19.8 Å². The third-order valence-electron chi connectivity index (χ3n) is 1.87. The van der Waals surface area contributed by atoms with Crippen LogP contribution in [0.25, 0.3) is 5.57 Å². The van der Waals surface area contributed by atoms with Crippen molar-refractivity contribution in [2.75, 3.05) is 0 Å². The average Bonchev–Trinajstić information content (AvgIpc) is 2.63. The lowest BCUT2D eigenvalue weighted by atomic mass is 10.1. The fourth-order valence-corrected chi connectivity index (χ4v) is 1.20. The standard InChI is InChI=1S/C12H15NO/c1-4-7-10(6-3)12-9-11(8-5-2)14-13-12/h4,6-7,9H,1,3,5,8H2,2H3/b10-7+. The zero-order valence-corrected chi connectivity index (χ0v) is 8.49. The zero-order chi connectivity index (χ0) is 10.4. The maximum atomic E-state index is 5.16. The van der Waals surface area contributed by atoms with Crippen molar-refractivity contribution >= 4 is 5.57 Å². The van der Waals surface area contributed by atoms with Gasteiger partial charge in [-0.25, -0.2) is 0 Å². The topological polar surface area (TPSA) is 26.0 Å². The van der Waals surface area contributed by atoms with Crippen molar-refractivity contribution in [1.29, 1.82) is 0 Å². The lowest BCUT2D eigenvalue weighted by Gasteiger charge is -1.91. The van der Waals surface area contributed by atoms with Crippen molar-refractivity contribution in [3.63, 3.8) is 0 Å². The van der Waals surface area contributed by atoms with Crippen LogP contribution in [0.5, 0.6) is 0 Å². The number of rotatable bonds is 5. The smallest absolute Gasteiger partial charge is 0.137 e. The first kappa shape index (κ1) is 10.5. The van der Waals surface area contributed by atoms with Crippen LogP contribution < -0.4 is 0 Å². The van der Waals surface area contributed by atoms with Gasteiger partial charge in [0.2, 0.25) is 0 Å². The Balaban J connectivity index is 2.89. The summed E-state index contributed by atoms with van der Waals surface area (Å²) in [5, 5.41) is 3.96. The molecule has 0 aliphatic rings. The Labute approximate surface area is 84.6 Å². The van der Waals surface area contributed by atoms with E-state index in [0.29, 0.717) is 0 Å². The molecule has 0 atom stereocenters. The second-order valence-electron chi connectivity index (χ2n) is 2.99. The van der Waals surface area contributed by atoms with E-state index in [1.807, 2.05) is 12.1 Å². The summed E-state index contributed by atoms with van der Waals surface area (Å²) in [5.74, 6) is 0.916. The van der Waals surface area contributed by atoms with E-state index in [4.69, 9.17) is 4.52 Å². The Morgan fingerprint density at radius 1 is 1.57 bits per heavy atom. The normalized spacial score (nSPS) is 11.4. The van der Waals surface area contributed by atoms with Gasteiger partial charge in [0.15, 0.2) is 0 Å². The second kappa shape index (κ2) is 5.22. The van der Waals surface area contributed by atoms with E-state index >= 15 is 0 Å². The summed E-state index contributed by atoms with van der Waals surface area (Å²) in [6.45, 7) is 9.46. The van der Waals surface area contributed by atoms with E-state index in [1.165, 1.54) is 0 Å². The third-order valence-corrected chi connectivity index (χ3v) is 1.87. The number of aromatic nitrogens is 1. The zero-order valence-electron chi connectivity index (χ0n) is 8.49. The van der Waals surface area contributed by atoms with Gasteiger partial charge in [0.25, 0.3) is 0 Å². The highest BCUT2D eigenvalue weighted by Crippen LogP contribution is 2.16. The molecule has 0 saturated carbocycles. The molecule has 0 spiro atoms. The van der Waals surface area contributed by atoms with Crippen LogP contribution >= 0.6 is 0 Å². The predicted octanol–water partition coefficient (Wildman–Crippen LogP) is 3.38. The molecule has 0 bridgehead atoms. The number of nitrogens with zero attached hydrogens (tertiary/aromatic N) is 1. The van der Waals surface area contributed by atoms with Crippen molar-refractivity contribution < 1.29 is 4.52 Å². The van der Waals surface area contributed by atoms with Gasteiger partial charge in [-0.3, -0.25) is 0 Å². The summed E-state index contributed by atoms with van der Waals surface area (Å²) < 4.78 is 5.16. The fraction of sp³-hybridized carbons (Fsp3) is 0.250. The first-order chi connectivity index (χ1) is 6.81. The summed E-state index contributed by atoms with van der Waals surface area (Å²) in [5.41, 5.74) is 1.76. The molecule has 0 aliphatic carbocycles. The molecule has 2 nitrogen and oxygen atoms in total. The highest BCUT2D eigenvalue weighted by molar-refractivity contribution is 5.72. The summed E-state index contributed by atoms with van der Waals surface area (Å²) in [7, 11) is 0. The molecule has 0 saturated heterocycles. The largest absolute Gasteiger partial charge is 0.361 e. The molecule has 0 radical (unpaired) electrons. The lowest BCUT2D eigenvalue weighted by Crippen LogP contribution is -1.78. The van der Waals surface area contributed by atoms with Gasteiger partial charge < -0.3 is 4.52 Å². The summed E-state index contributed by atoms with van der Waals surface area (Å²) >= 11 is 0. The van der Waals surface area contributed by atoms with E-state index in [9.17, 15) is 0 Å². The molecule has 74 valence electrons. The Kier molecular flexibility index (Phi) is 3.92. The average molecular weight is 189 g/mol. The van der Waals surface area contributed by atoms with Crippen LogP contribution in [0.1, 0.15) is 24.8 Å². The minimum Gasteiger partial charge on any atom is -0.361 e. The van der Waals surface area contributed by atoms with Crippen molar-refractivity contribution in [3.8, 4) is 0 Å². The molecule has 1 aromatic heterocycles. The van der Waals surface area contributed by atoms with Gasteiger partial charge in [-0.15, -0.1) is 0 Å². The van der Waals surface area contributed by atoms with Gasteiger partial charge in [0.1, 0.15) is 11.5 Å². The highest BCUT2D eigenvalue weighted by atomic mass is 16.5. The first-order valence-corrected chi connectivity index (χ1v) is 4.73. The molecule has 0 amide bonds. The molecule has 0 aromatic carbocycles. The van der Waals surface area contributed by atoms with Crippen LogP contribution in [-0.2, 0) is 6.42 Å². The molecule has 0 unspecified atom stereocenters. The Hall–Kier alpha value is -1.57. The third kappa shape index (κ3) is 2.46. The van der Waals surface area contributed by atoms with Gasteiger partial charge in [0, 0.05) is 18.1 Å². The first-order valence-electron chi connectivity index (χ1n) is 4.73. The summed E-state index contributed by atoms with van der Waals surface area (Å²) in [6, 6.07) is 1.94. The second-order valence-corrected chi connectivity index (χ2v) is 2.99. The van der Waals surface area contributed by atoms with Crippen LogP contribution in [0.4, 0.5) is 0 Å². The molecule has 0 fully saturated rings. The summed E-state index contributed by atoms with van der Waals surface area (Å²) in [4.78, 5) is 0. The quantitative estimate of drug-likeness (QED) is 0.663. The molecule has 1 heterocycles. The molecule has 1 aromatic rings. The van der Waals surface area contributed by atoms with Gasteiger partial charge in [-0.2, -0.15) is 0 Å². The van der Waals surface area contributed by atoms with Gasteiger partial charge in [-0.05, 0) is 6.42 Å². The minimum absolute atomic E-state index is 0.823. The summed E-state index contributed by atoms with van der Waals surface area (Å²) in [6.07, 6.45) is 7.30. The number of allylic oxidation sites excluding steroid dienone is 4. The van der Waals surface area contributed by atoms with Crippen molar-refractivity contribution in [2.24, 2.45) is 0 Å². The van der Waals surface area contributed by atoms with E-state index < -0.39 is 0 Å². The van der Waals surface area contributed by atoms with Crippen LogP contribution in [0.3, 0.4) is 0 Å². The minimum atomic E-state index is 0.823. The molecule has 2 heteroatoms. The Morgan fingerprint density at radius 2 is 2.36 bits per heavy atom. The molecular weight excluding hydrogens is 174 g/mol. The molecule has 0 aliphatic heterocycles. The highest BCUT2D eigenvalue weighted by Gasteiger charge is 2.04. The van der Waals surface area contributed by atoms with E-state index in [0.717, 1.165) is 29.9 Å². The van der Waals surface area contributed by atoms with E-state index in [-0.39, 0.29) is 0 Å². The monoisotopic (exact) mass is 189 g/mol. The van der Waals surface area contributed by atoms with Gasteiger partial charge >= 0.3 is 0 Å². The molecule has 0 N–H and O–H groups in total. The van der Waals surface area contributed by atoms with E-state index in [1.54, 1.807) is 12.2 Å². The van der Waals surface area contributed by atoms with Crippen molar-refractivity contribution in [3.05, 3.63) is 48.9 Å². The Morgan fingerprint density at radius 3 is 2.93 bits per heavy atom. The molecule has 14 heavy (non-hydrogen) atoms.